The molecule has 0 aromatic heterocycles. The molecule has 1 saturated heterocycles. The molecular weight excluding hydrogens is 595 g/mol. The summed E-state index contributed by atoms with van der Waals surface area (Å²) in [5.74, 6) is 0.854. The number of amides is 1. The molecule has 0 unspecified atom stereocenters. The number of para-hydroxylation sites is 1. The third-order valence-electron chi connectivity index (χ3n) is 5.03. The highest BCUT2D eigenvalue weighted by Crippen LogP contribution is 2.39. The summed E-state index contributed by atoms with van der Waals surface area (Å²) in [6, 6.07) is 16.1. The van der Waals surface area contributed by atoms with E-state index in [0.29, 0.717) is 47.9 Å². The molecule has 0 aliphatic carbocycles. The Bertz CT molecular complexity index is 1360. The van der Waals surface area contributed by atoms with Gasteiger partial charge >= 0.3 is 0 Å². The molecule has 10 heteroatoms. The van der Waals surface area contributed by atoms with Gasteiger partial charge in [-0.3, -0.25) is 9.69 Å². The molecule has 1 aliphatic rings. The number of thioether (sulfide) groups is 1. The van der Waals surface area contributed by atoms with E-state index in [-0.39, 0.29) is 12.5 Å². The molecule has 3 aromatic carbocycles. The van der Waals surface area contributed by atoms with Gasteiger partial charge in [0.2, 0.25) is 0 Å². The highest BCUT2D eigenvalue weighted by Gasteiger charge is 2.31. The summed E-state index contributed by atoms with van der Waals surface area (Å²) >= 11 is 23.1. The summed E-state index contributed by atoms with van der Waals surface area (Å²) < 4.78 is 12.4. The number of benzene rings is 3. The first-order valence-corrected chi connectivity index (χ1v) is 13.0. The molecule has 1 fully saturated rings. The number of carbonyl (C=O) groups excluding carboxylic acids is 1. The lowest BCUT2D eigenvalue weighted by molar-refractivity contribution is -0.121. The standard InChI is InChI=1S/C25H18BrCl3N2O3S/c1-31-24(32)22(35-25(31)30-17-8-9-18(26)20(29)12-17)10-14-4-3-5-21(33-2)23(14)34-13-15-6-7-16(27)11-19(15)28/h3-12H,13H2,1-2H3/b22-10+,30-25?. The molecule has 0 saturated carbocycles. The maximum Gasteiger partial charge on any atom is 0.266 e. The van der Waals surface area contributed by atoms with Gasteiger partial charge in [0.05, 0.1) is 22.7 Å². The van der Waals surface area contributed by atoms with Gasteiger partial charge in [0.15, 0.2) is 16.7 Å². The van der Waals surface area contributed by atoms with Crippen molar-refractivity contribution < 1.29 is 14.3 Å². The number of likely N-dealkylation sites (N-methyl/N-ethyl adjacent to an activating group) is 1. The van der Waals surface area contributed by atoms with Crippen LogP contribution in [0.1, 0.15) is 11.1 Å². The van der Waals surface area contributed by atoms with Crippen molar-refractivity contribution in [3.8, 4) is 11.5 Å². The molecule has 5 nitrogen and oxygen atoms in total. The summed E-state index contributed by atoms with van der Waals surface area (Å²) in [7, 11) is 3.24. The molecule has 0 radical (unpaired) electrons. The maximum absolute atomic E-state index is 13.0. The van der Waals surface area contributed by atoms with Crippen molar-refractivity contribution in [1.82, 2.24) is 4.90 Å². The number of ether oxygens (including phenoxy) is 2. The van der Waals surface area contributed by atoms with E-state index in [0.717, 1.165) is 10.0 Å². The van der Waals surface area contributed by atoms with E-state index in [1.54, 1.807) is 50.6 Å². The molecule has 1 heterocycles. The van der Waals surface area contributed by atoms with Crippen LogP contribution in [0.25, 0.3) is 6.08 Å². The van der Waals surface area contributed by atoms with Crippen molar-refractivity contribution in [3.05, 3.63) is 90.2 Å². The first-order valence-electron chi connectivity index (χ1n) is 10.2. The lowest BCUT2D eigenvalue weighted by atomic mass is 10.1. The fraction of sp³-hybridized carbons (Fsp3) is 0.120. The third-order valence-corrected chi connectivity index (χ3v) is 7.91. The number of halogens is 4. The second-order valence-corrected chi connectivity index (χ2v) is 10.5. The van der Waals surface area contributed by atoms with Gasteiger partial charge in [0.25, 0.3) is 5.91 Å². The van der Waals surface area contributed by atoms with Crippen LogP contribution in [-0.4, -0.2) is 30.1 Å². The Kier molecular flexibility index (Phi) is 8.34. The van der Waals surface area contributed by atoms with Crippen LogP contribution in [0.5, 0.6) is 11.5 Å². The van der Waals surface area contributed by atoms with Crippen molar-refractivity contribution in [2.24, 2.45) is 4.99 Å². The highest BCUT2D eigenvalue weighted by molar-refractivity contribution is 9.10. The van der Waals surface area contributed by atoms with E-state index in [1.165, 1.54) is 16.7 Å². The molecule has 3 aromatic rings. The van der Waals surface area contributed by atoms with Crippen molar-refractivity contribution in [1.29, 1.82) is 0 Å². The van der Waals surface area contributed by atoms with Crippen molar-refractivity contribution in [2.45, 2.75) is 6.61 Å². The van der Waals surface area contributed by atoms with Crippen LogP contribution in [0.15, 0.2) is 69.0 Å². The molecule has 0 N–H and O–H groups in total. The summed E-state index contributed by atoms with van der Waals surface area (Å²) in [5, 5.41) is 2.13. The number of nitrogens with zero attached hydrogens (tertiary/aromatic N) is 2. The molecule has 180 valence electrons. The van der Waals surface area contributed by atoms with Crippen molar-refractivity contribution in [2.75, 3.05) is 14.2 Å². The van der Waals surface area contributed by atoms with Crippen molar-refractivity contribution >= 4 is 85.3 Å². The maximum atomic E-state index is 13.0. The summed E-state index contributed by atoms with van der Waals surface area (Å²) in [6.45, 7) is 0.199. The Hall–Kier alpha value is -2.16. The number of hydrogen-bond donors (Lipinski definition) is 0. The lowest BCUT2D eigenvalue weighted by Crippen LogP contribution is -2.23. The highest BCUT2D eigenvalue weighted by atomic mass is 79.9. The molecule has 0 spiro atoms. The summed E-state index contributed by atoms with van der Waals surface area (Å²) in [4.78, 5) is 19.6. The minimum Gasteiger partial charge on any atom is -0.493 e. The molecule has 4 rings (SSSR count). The monoisotopic (exact) mass is 610 g/mol. The van der Waals surface area contributed by atoms with E-state index in [1.807, 2.05) is 24.3 Å². The third kappa shape index (κ3) is 5.98. The predicted molar refractivity (Wildman–Crippen MR) is 148 cm³/mol. The van der Waals surface area contributed by atoms with Crippen LogP contribution in [0, 0.1) is 0 Å². The van der Waals surface area contributed by atoms with E-state index in [9.17, 15) is 4.79 Å². The molecular formula is C25H18BrCl3N2O3S. The number of aliphatic imine (C=N–C) groups is 1. The molecule has 0 atom stereocenters. The predicted octanol–water partition coefficient (Wildman–Crippen LogP) is 8.23. The second-order valence-electron chi connectivity index (χ2n) is 7.37. The fourth-order valence-electron chi connectivity index (χ4n) is 3.21. The van der Waals surface area contributed by atoms with E-state index >= 15 is 0 Å². The fourth-order valence-corrected chi connectivity index (χ4v) is 5.07. The van der Waals surface area contributed by atoms with Gasteiger partial charge in [0, 0.05) is 32.7 Å². The minimum absolute atomic E-state index is 0.175. The van der Waals surface area contributed by atoms with Crippen LogP contribution in [-0.2, 0) is 11.4 Å². The van der Waals surface area contributed by atoms with Crippen LogP contribution in [0.4, 0.5) is 5.69 Å². The Balaban J connectivity index is 1.63. The number of rotatable bonds is 6. The van der Waals surface area contributed by atoms with Gasteiger partial charge in [-0.25, -0.2) is 4.99 Å². The number of methoxy groups -OCH3 is 1. The van der Waals surface area contributed by atoms with Crippen molar-refractivity contribution in [3.63, 3.8) is 0 Å². The first-order chi connectivity index (χ1) is 16.8. The average Bonchev–Trinajstić information content (AvgIpc) is 3.09. The molecule has 35 heavy (non-hydrogen) atoms. The van der Waals surface area contributed by atoms with E-state index < -0.39 is 0 Å². The van der Waals surface area contributed by atoms with Gasteiger partial charge in [-0.05, 0) is 70.2 Å². The van der Waals surface area contributed by atoms with Gasteiger partial charge in [0.1, 0.15) is 6.61 Å². The smallest absolute Gasteiger partial charge is 0.266 e. The van der Waals surface area contributed by atoms with E-state index in [4.69, 9.17) is 44.3 Å². The van der Waals surface area contributed by atoms with Gasteiger partial charge < -0.3 is 9.47 Å². The zero-order valence-corrected chi connectivity index (χ0v) is 23.2. The SMILES string of the molecule is COc1cccc(/C=C2/SC(=Nc3ccc(Br)c(Cl)c3)N(C)C2=O)c1OCc1ccc(Cl)cc1Cl. The van der Waals surface area contributed by atoms with Gasteiger partial charge in [-0.2, -0.15) is 0 Å². The van der Waals surface area contributed by atoms with Crippen LogP contribution in [0.3, 0.4) is 0 Å². The normalized spacial score (nSPS) is 15.8. The van der Waals surface area contributed by atoms with Gasteiger partial charge in [-0.1, -0.05) is 53.0 Å². The minimum atomic E-state index is -0.175. The Morgan fingerprint density at radius 2 is 1.89 bits per heavy atom. The summed E-state index contributed by atoms with van der Waals surface area (Å²) in [6.07, 6.45) is 1.77. The lowest BCUT2D eigenvalue weighted by Gasteiger charge is -2.14. The number of hydrogen-bond acceptors (Lipinski definition) is 5. The van der Waals surface area contributed by atoms with Crippen LogP contribution >= 0.6 is 62.5 Å². The zero-order valence-electron chi connectivity index (χ0n) is 18.5. The average molecular weight is 613 g/mol. The second kappa shape index (κ2) is 11.3. The number of amidine groups is 1. The Morgan fingerprint density at radius 3 is 2.60 bits per heavy atom. The number of carbonyl (C=O) groups is 1. The largest absolute Gasteiger partial charge is 0.493 e. The quantitative estimate of drug-likeness (QED) is 0.263. The van der Waals surface area contributed by atoms with Crippen LogP contribution < -0.4 is 9.47 Å². The zero-order chi connectivity index (χ0) is 25.1. The first kappa shape index (κ1) is 25.9. The molecule has 1 aliphatic heterocycles. The van der Waals surface area contributed by atoms with Crippen LogP contribution in [0.2, 0.25) is 15.1 Å². The molecule has 0 bridgehead atoms. The summed E-state index contributed by atoms with van der Waals surface area (Å²) in [5.41, 5.74) is 2.10. The van der Waals surface area contributed by atoms with Gasteiger partial charge in [-0.15, -0.1) is 0 Å². The topological polar surface area (TPSA) is 51.1 Å². The molecule has 1 amide bonds. The van der Waals surface area contributed by atoms with E-state index in [2.05, 4.69) is 20.9 Å². The Labute approximate surface area is 230 Å². The Morgan fingerprint density at radius 1 is 1.09 bits per heavy atom.